The molecule has 2 saturated heterocycles. The molecule has 1 aromatic carbocycles. The number of fused-ring (bicyclic) bond motifs is 2. The third kappa shape index (κ3) is 5.59. The number of hydrogen-bond donors (Lipinski definition) is 1. The van der Waals surface area contributed by atoms with Gasteiger partial charge in [0.25, 0.3) is 5.91 Å². The van der Waals surface area contributed by atoms with Crippen LogP contribution in [0.15, 0.2) is 36.5 Å². The van der Waals surface area contributed by atoms with E-state index < -0.39 is 0 Å². The van der Waals surface area contributed by atoms with Crippen molar-refractivity contribution in [1.82, 2.24) is 24.0 Å². The number of amides is 2. The van der Waals surface area contributed by atoms with Crippen LogP contribution in [0.4, 0.5) is 0 Å². The summed E-state index contributed by atoms with van der Waals surface area (Å²) in [7, 11) is 3.22. The number of ether oxygens (including phenoxy) is 2. The Morgan fingerprint density at radius 3 is 2.51 bits per heavy atom. The van der Waals surface area contributed by atoms with Crippen LogP contribution in [0.2, 0.25) is 0 Å². The van der Waals surface area contributed by atoms with Crippen molar-refractivity contribution in [1.29, 1.82) is 0 Å². The van der Waals surface area contributed by atoms with E-state index in [-0.39, 0.29) is 24.5 Å². The lowest BCUT2D eigenvalue weighted by Gasteiger charge is -2.32. The summed E-state index contributed by atoms with van der Waals surface area (Å²) in [6, 6.07) is 10.8. The van der Waals surface area contributed by atoms with Crippen LogP contribution >= 0.6 is 0 Å². The molecule has 0 radical (unpaired) electrons. The molecule has 0 bridgehead atoms. The van der Waals surface area contributed by atoms with Crippen molar-refractivity contribution in [3.63, 3.8) is 0 Å². The summed E-state index contributed by atoms with van der Waals surface area (Å²) in [6.07, 6.45) is 8.04. The summed E-state index contributed by atoms with van der Waals surface area (Å²) in [4.78, 5) is 29.8. The number of carbonyl (C=O) groups excluding carboxylic acids is 2. The second-order valence-electron chi connectivity index (χ2n) is 13.2. The molecule has 3 aliphatic rings. The largest absolute Gasteiger partial charge is 0.494 e. The van der Waals surface area contributed by atoms with Crippen LogP contribution < -0.4 is 10.5 Å². The molecule has 45 heavy (non-hydrogen) atoms. The Bertz CT molecular complexity index is 1750. The standard InChI is InChI=1S/C35H44N6O4/c1-22-32(37-41-19-26(17-30(45-3)33(22)41)35(43)39-13-5-7-27(36)20-39)29-16-25-6-4-8-28(34(25)40(29)18-23-9-10-23)24-11-14-38(15-12-24)31(42)21-44-2/h4,6,8,16-17,19,23-24,27H,5,7,9-15,18,20-21,36H2,1-3H3. The van der Waals surface area contributed by atoms with E-state index in [0.29, 0.717) is 36.2 Å². The zero-order chi connectivity index (χ0) is 31.2. The summed E-state index contributed by atoms with van der Waals surface area (Å²) >= 11 is 0. The maximum atomic E-state index is 13.5. The number of carbonyl (C=O) groups is 2. The molecule has 1 aliphatic carbocycles. The summed E-state index contributed by atoms with van der Waals surface area (Å²) < 4.78 is 15.3. The average Bonchev–Trinajstić information content (AvgIpc) is 3.72. The lowest BCUT2D eigenvalue weighted by atomic mass is 9.88. The lowest BCUT2D eigenvalue weighted by Crippen LogP contribution is -2.45. The van der Waals surface area contributed by atoms with Crippen LogP contribution in [-0.4, -0.2) is 88.8 Å². The van der Waals surface area contributed by atoms with Gasteiger partial charge in [0.05, 0.1) is 23.9 Å². The van der Waals surface area contributed by atoms with E-state index in [1.165, 1.54) is 29.3 Å². The Balaban J connectivity index is 1.29. The SMILES string of the molecule is COCC(=O)N1CCC(c2cccc3cc(-c4nn5cc(C(=O)N6CCCC(N)C6)cc(OC)c5c4C)n(CC4CC4)c23)CC1. The number of aryl methyl sites for hydroxylation is 1. The summed E-state index contributed by atoms with van der Waals surface area (Å²) in [6.45, 7) is 5.95. The minimum Gasteiger partial charge on any atom is -0.494 e. The molecule has 2 amide bonds. The Morgan fingerprint density at radius 1 is 1.00 bits per heavy atom. The van der Waals surface area contributed by atoms with Gasteiger partial charge in [0, 0.05) is 63.0 Å². The van der Waals surface area contributed by atoms with Crippen LogP contribution in [0, 0.1) is 12.8 Å². The van der Waals surface area contributed by atoms with Gasteiger partial charge in [-0.1, -0.05) is 18.2 Å². The minimum absolute atomic E-state index is 0.0100. The quantitative estimate of drug-likeness (QED) is 0.312. The van der Waals surface area contributed by atoms with E-state index in [0.717, 1.165) is 67.8 Å². The van der Waals surface area contributed by atoms with E-state index >= 15 is 0 Å². The van der Waals surface area contributed by atoms with Gasteiger partial charge in [-0.05, 0) is 75.0 Å². The zero-order valence-corrected chi connectivity index (χ0v) is 26.6. The maximum absolute atomic E-state index is 13.5. The fraction of sp³-hybridized carbons (Fsp3) is 0.514. The number of para-hydroxylation sites is 1. The highest BCUT2D eigenvalue weighted by molar-refractivity contribution is 5.96. The molecule has 3 fully saturated rings. The third-order valence-corrected chi connectivity index (χ3v) is 10.0. The summed E-state index contributed by atoms with van der Waals surface area (Å²) in [5.74, 6) is 1.70. The number of rotatable bonds is 8. The highest BCUT2D eigenvalue weighted by Gasteiger charge is 2.31. The topological polar surface area (TPSA) is 107 Å². The van der Waals surface area contributed by atoms with Crippen molar-refractivity contribution in [2.45, 2.75) is 64.0 Å². The van der Waals surface area contributed by atoms with Crippen molar-refractivity contribution in [3.8, 4) is 17.1 Å². The van der Waals surface area contributed by atoms with Gasteiger partial charge in [-0.15, -0.1) is 0 Å². The molecule has 1 unspecified atom stereocenters. The Morgan fingerprint density at radius 2 is 1.80 bits per heavy atom. The molecular formula is C35H44N6O4. The van der Waals surface area contributed by atoms with Crippen molar-refractivity contribution in [2.24, 2.45) is 11.7 Å². The second kappa shape index (κ2) is 12.1. The predicted octanol–water partition coefficient (Wildman–Crippen LogP) is 4.60. The molecule has 10 heteroatoms. The Hall–Kier alpha value is -3.89. The number of nitrogens with zero attached hydrogens (tertiary/aromatic N) is 5. The van der Waals surface area contributed by atoms with E-state index in [4.69, 9.17) is 20.3 Å². The van der Waals surface area contributed by atoms with E-state index in [9.17, 15) is 9.59 Å². The minimum atomic E-state index is -0.0393. The van der Waals surface area contributed by atoms with Gasteiger partial charge in [-0.25, -0.2) is 4.52 Å². The maximum Gasteiger partial charge on any atom is 0.255 e. The molecule has 0 spiro atoms. The van der Waals surface area contributed by atoms with Crippen LogP contribution in [0.25, 0.3) is 27.8 Å². The number of pyridine rings is 1. The molecule has 3 aromatic heterocycles. The molecule has 7 rings (SSSR count). The fourth-order valence-electron chi connectivity index (χ4n) is 7.46. The van der Waals surface area contributed by atoms with Crippen LogP contribution in [0.1, 0.15) is 65.9 Å². The van der Waals surface area contributed by atoms with Gasteiger partial charge in [-0.2, -0.15) is 5.10 Å². The van der Waals surface area contributed by atoms with Gasteiger partial charge in [0.15, 0.2) is 0 Å². The third-order valence-electron chi connectivity index (χ3n) is 10.0. The first kappa shape index (κ1) is 29.8. The van der Waals surface area contributed by atoms with Crippen molar-refractivity contribution in [3.05, 3.63) is 53.2 Å². The van der Waals surface area contributed by atoms with Crippen LogP contribution in [-0.2, 0) is 16.1 Å². The molecule has 5 heterocycles. The van der Waals surface area contributed by atoms with E-state index in [1.807, 2.05) is 26.6 Å². The predicted molar refractivity (Wildman–Crippen MR) is 174 cm³/mol. The average molecular weight is 613 g/mol. The van der Waals surface area contributed by atoms with Crippen molar-refractivity contribution < 1.29 is 19.1 Å². The fourth-order valence-corrected chi connectivity index (χ4v) is 7.46. The van der Waals surface area contributed by atoms with Crippen LogP contribution in [0.3, 0.4) is 0 Å². The Kier molecular flexibility index (Phi) is 8.03. The number of hydrogen-bond acceptors (Lipinski definition) is 6. The van der Waals surface area contributed by atoms with Gasteiger partial charge in [-0.3, -0.25) is 9.59 Å². The lowest BCUT2D eigenvalue weighted by molar-refractivity contribution is -0.136. The molecule has 2 N–H and O–H groups in total. The van der Waals surface area contributed by atoms with Gasteiger partial charge < -0.3 is 29.6 Å². The molecule has 2 aliphatic heterocycles. The number of aromatic nitrogens is 3. The first-order chi connectivity index (χ1) is 21.9. The summed E-state index contributed by atoms with van der Waals surface area (Å²) in [5.41, 5.74) is 13.3. The first-order valence-electron chi connectivity index (χ1n) is 16.4. The van der Waals surface area contributed by atoms with Crippen molar-refractivity contribution in [2.75, 3.05) is 47.0 Å². The molecule has 4 aromatic rings. The van der Waals surface area contributed by atoms with Gasteiger partial charge in [0.2, 0.25) is 5.91 Å². The molecule has 10 nitrogen and oxygen atoms in total. The highest BCUT2D eigenvalue weighted by atomic mass is 16.5. The smallest absolute Gasteiger partial charge is 0.255 e. The number of likely N-dealkylation sites (tertiary alicyclic amines) is 2. The van der Waals surface area contributed by atoms with E-state index in [1.54, 1.807) is 14.2 Å². The van der Waals surface area contributed by atoms with E-state index in [2.05, 4.69) is 35.8 Å². The monoisotopic (exact) mass is 612 g/mol. The molecular weight excluding hydrogens is 568 g/mol. The number of nitrogens with two attached hydrogens (primary N) is 1. The number of benzene rings is 1. The highest BCUT2D eigenvalue weighted by Crippen LogP contribution is 2.41. The summed E-state index contributed by atoms with van der Waals surface area (Å²) in [5, 5.41) is 6.34. The van der Waals surface area contributed by atoms with Gasteiger partial charge in [0.1, 0.15) is 23.6 Å². The van der Waals surface area contributed by atoms with Crippen molar-refractivity contribution >= 4 is 28.2 Å². The normalized spacial score (nSPS) is 19.5. The molecule has 1 saturated carbocycles. The number of methoxy groups -OCH3 is 2. The van der Waals surface area contributed by atoms with Gasteiger partial charge >= 0.3 is 0 Å². The molecule has 238 valence electrons. The first-order valence-corrected chi connectivity index (χ1v) is 16.4. The second-order valence-corrected chi connectivity index (χ2v) is 13.2. The number of piperidine rings is 2. The zero-order valence-electron chi connectivity index (χ0n) is 26.6. The van der Waals surface area contributed by atoms with Crippen LogP contribution in [0.5, 0.6) is 5.75 Å². The Labute approximate surface area is 264 Å². The molecule has 1 atom stereocenters.